The number of H-pyrrole nitrogens is 1. The number of imidazole rings is 1. The van der Waals surface area contributed by atoms with Crippen LogP contribution in [0.2, 0.25) is 0 Å². The molecule has 0 saturated heterocycles. The smallest absolute Gasteiger partial charge is 0.304 e. The van der Waals surface area contributed by atoms with Crippen molar-refractivity contribution in [3.8, 4) is 0 Å². The highest BCUT2D eigenvalue weighted by Gasteiger charge is 2.15. The molecule has 4 nitrogen and oxygen atoms in total. The number of rotatable bonds is 5. The fraction of sp³-hybridized carbons (Fsp3) is 0.385. The molecule has 2 rings (SSSR count). The molecule has 0 saturated carbocycles. The van der Waals surface area contributed by atoms with E-state index in [2.05, 4.69) is 23.5 Å². The molecule has 2 aromatic heterocycles. The van der Waals surface area contributed by atoms with Gasteiger partial charge >= 0.3 is 5.69 Å². The molecule has 0 fully saturated rings. The lowest BCUT2D eigenvalue weighted by molar-refractivity contribution is 0.463. The number of nitrogens with one attached hydrogen (secondary N) is 1. The highest BCUT2D eigenvalue weighted by atomic mass is 16.1. The third-order valence-corrected chi connectivity index (χ3v) is 2.90. The molecule has 0 spiro atoms. The van der Waals surface area contributed by atoms with E-state index in [1.165, 1.54) is 0 Å². The van der Waals surface area contributed by atoms with Crippen molar-refractivity contribution < 1.29 is 0 Å². The monoisotopic (exact) mass is 231 g/mol. The van der Waals surface area contributed by atoms with Gasteiger partial charge in [0.05, 0.1) is 5.52 Å². The molecule has 0 amide bonds. The number of hydrogen-bond donors (Lipinski definition) is 1. The zero-order valence-corrected chi connectivity index (χ0v) is 10.0. The van der Waals surface area contributed by atoms with Crippen LogP contribution in [0, 0.1) is 0 Å². The Bertz CT molecular complexity index is 567. The van der Waals surface area contributed by atoms with Crippen molar-refractivity contribution in [3.05, 3.63) is 41.5 Å². The zero-order valence-electron chi connectivity index (χ0n) is 10.0. The summed E-state index contributed by atoms with van der Waals surface area (Å²) in [6.45, 7) is 5.87. The Balaban J connectivity index is 2.55. The van der Waals surface area contributed by atoms with Crippen LogP contribution >= 0.6 is 0 Å². The zero-order chi connectivity index (χ0) is 12.3. The van der Waals surface area contributed by atoms with E-state index in [0.717, 1.165) is 30.4 Å². The molecular weight excluding hydrogens is 214 g/mol. The van der Waals surface area contributed by atoms with Crippen molar-refractivity contribution in [2.75, 3.05) is 0 Å². The van der Waals surface area contributed by atoms with Crippen LogP contribution in [0.3, 0.4) is 0 Å². The van der Waals surface area contributed by atoms with Gasteiger partial charge in [-0.25, -0.2) is 9.78 Å². The third kappa shape index (κ3) is 2.16. The fourth-order valence-electron chi connectivity index (χ4n) is 2.17. The molecule has 17 heavy (non-hydrogen) atoms. The quantitative estimate of drug-likeness (QED) is 0.804. The number of aromatic nitrogens is 3. The van der Waals surface area contributed by atoms with Gasteiger partial charge in [0, 0.05) is 12.2 Å². The summed E-state index contributed by atoms with van der Waals surface area (Å²) in [6, 6.07) is 3.84. The van der Waals surface area contributed by atoms with Gasteiger partial charge in [0.25, 0.3) is 0 Å². The first-order valence-electron chi connectivity index (χ1n) is 5.94. The first-order chi connectivity index (χ1) is 8.27. The number of allylic oxidation sites excluding steroid dienone is 1. The molecular formula is C13H17N3O. The lowest BCUT2D eigenvalue weighted by Gasteiger charge is -2.15. The molecule has 1 unspecified atom stereocenters. The van der Waals surface area contributed by atoms with Gasteiger partial charge in [-0.15, -0.1) is 6.58 Å². The highest BCUT2D eigenvalue weighted by Crippen LogP contribution is 2.20. The largest absolute Gasteiger partial charge is 0.327 e. The van der Waals surface area contributed by atoms with Gasteiger partial charge in [0.2, 0.25) is 0 Å². The number of nitrogens with zero attached hydrogens (tertiary/aromatic N) is 2. The SMILES string of the molecule is C=CCC(CCC)n1c(=O)[nH]c2cccnc21. The summed E-state index contributed by atoms with van der Waals surface area (Å²) >= 11 is 0. The summed E-state index contributed by atoms with van der Waals surface area (Å²) in [7, 11) is 0. The second kappa shape index (κ2) is 4.99. The second-order valence-electron chi connectivity index (χ2n) is 4.14. The standard InChI is InChI=1S/C13H17N3O/c1-3-6-10(7-4-2)16-12-11(15-13(16)17)8-5-9-14-12/h3,5,8-10H,1,4,6-7H2,2H3,(H,15,17). The van der Waals surface area contributed by atoms with E-state index in [1.807, 2.05) is 18.2 Å². The number of pyridine rings is 1. The van der Waals surface area contributed by atoms with Crippen molar-refractivity contribution in [2.24, 2.45) is 0 Å². The molecule has 90 valence electrons. The van der Waals surface area contributed by atoms with Crippen LogP contribution in [-0.4, -0.2) is 14.5 Å². The van der Waals surface area contributed by atoms with Crippen LogP contribution in [0.4, 0.5) is 0 Å². The summed E-state index contributed by atoms with van der Waals surface area (Å²) in [5.41, 5.74) is 1.44. The Hall–Kier alpha value is -1.84. The van der Waals surface area contributed by atoms with Gasteiger partial charge in [-0.2, -0.15) is 0 Å². The number of fused-ring (bicyclic) bond motifs is 1. The molecule has 0 aliphatic rings. The van der Waals surface area contributed by atoms with Gasteiger partial charge in [-0.05, 0) is 25.0 Å². The number of aromatic amines is 1. The van der Waals surface area contributed by atoms with Crippen LogP contribution in [0.1, 0.15) is 32.2 Å². The van der Waals surface area contributed by atoms with E-state index in [4.69, 9.17) is 0 Å². The minimum atomic E-state index is -0.0843. The van der Waals surface area contributed by atoms with E-state index in [9.17, 15) is 4.79 Å². The molecule has 0 bridgehead atoms. The molecule has 0 aliphatic heterocycles. The molecule has 0 aromatic carbocycles. The molecule has 0 radical (unpaired) electrons. The van der Waals surface area contributed by atoms with Crippen LogP contribution in [0.5, 0.6) is 0 Å². The van der Waals surface area contributed by atoms with E-state index >= 15 is 0 Å². The Morgan fingerprint density at radius 2 is 2.47 bits per heavy atom. The lowest BCUT2D eigenvalue weighted by atomic mass is 10.1. The van der Waals surface area contributed by atoms with E-state index in [0.29, 0.717) is 0 Å². The van der Waals surface area contributed by atoms with Crippen LogP contribution in [0.25, 0.3) is 11.2 Å². The van der Waals surface area contributed by atoms with Gasteiger partial charge in [0.15, 0.2) is 5.65 Å². The maximum absolute atomic E-state index is 12.0. The molecule has 0 aliphatic carbocycles. The van der Waals surface area contributed by atoms with Gasteiger partial charge in [0.1, 0.15) is 0 Å². The van der Waals surface area contributed by atoms with Crippen molar-refractivity contribution in [3.63, 3.8) is 0 Å². The Morgan fingerprint density at radius 3 is 3.18 bits per heavy atom. The average Bonchev–Trinajstić information content (AvgIpc) is 2.64. The topological polar surface area (TPSA) is 50.7 Å². The van der Waals surface area contributed by atoms with E-state index in [-0.39, 0.29) is 11.7 Å². The van der Waals surface area contributed by atoms with Crippen molar-refractivity contribution in [1.82, 2.24) is 14.5 Å². The van der Waals surface area contributed by atoms with Crippen LogP contribution in [-0.2, 0) is 0 Å². The van der Waals surface area contributed by atoms with Gasteiger partial charge in [-0.1, -0.05) is 19.4 Å². The maximum atomic E-state index is 12.0. The summed E-state index contributed by atoms with van der Waals surface area (Å²) in [5.74, 6) is 0. The second-order valence-corrected chi connectivity index (χ2v) is 4.14. The maximum Gasteiger partial charge on any atom is 0.327 e. The van der Waals surface area contributed by atoms with Gasteiger partial charge < -0.3 is 4.98 Å². The highest BCUT2D eigenvalue weighted by molar-refractivity contribution is 5.70. The minimum Gasteiger partial charge on any atom is -0.304 e. The number of hydrogen-bond acceptors (Lipinski definition) is 2. The lowest BCUT2D eigenvalue weighted by Crippen LogP contribution is -2.22. The molecule has 1 atom stereocenters. The summed E-state index contributed by atoms with van der Waals surface area (Å²) < 4.78 is 1.75. The van der Waals surface area contributed by atoms with Crippen LogP contribution in [0.15, 0.2) is 35.8 Å². The normalized spacial score (nSPS) is 12.8. The summed E-state index contributed by atoms with van der Waals surface area (Å²) in [6.07, 6.45) is 6.34. The predicted molar refractivity (Wildman–Crippen MR) is 69.1 cm³/mol. The van der Waals surface area contributed by atoms with Crippen molar-refractivity contribution >= 4 is 11.2 Å². The van der Waals surface area contributed by atoms with E-state index < -0.39 is 0 Å². The molecule has 1 N–H and O–H groups in total. The Morgan fingerprint density at radius 1 is 1.65 bits per heavy atom. The molecule has 2 aromatic rings. The summed E-state index contributed by atoms with van der Waals surface area (Å²) in [4.78, 5) is 19.1. The average molecular weight is 231 g/mol. The first-order valence-corrected chi connectivity index (χ1v) is 5.94. The molecule has 2 heterocycles. The van der Waals surface area contributed by atoms with Gasteiger partial charge in [-0.3, -0.25) is 4.57 Å². The first kappa shape index (κ1) is 11.6. The molecule has 4 heteroatoms. The van der Waals surface area contributed by atoms with Crippen molar-refractivity contribution in [2.45, 2.75) is 32.2 Å². The predicted octanol–water partition coefficient (Wildman–Crippen LogP) is 2.64. The third-order valence-electron chi connectivity index (χ3n) is 2.90. The van der Waals surface area contributed by atoms with E-state index in [1.54, 1.807) is 10.8 Å². The Kier molecular flexibility index (Phi) is 3.42. The van der Waals surface area contributed by atoms with Crippen molar-refractivity contribution in [1.29, 1.82) is 0 Å². The Labute approximate surface area is 100.0 Å². The minimum absolute atomic E-state index is 0.0843. The summed E-state index contributed by atoms with van der Waals surface area (Å²) in [5, 5.41) is 0. The fourth-order valence-corrected chi connectivity index (χ4v) is 2.17. The van der Waals surface area contributed by atoms with Crippen LogP contribution < -0.4 is 5.69 Å².